The Hall–Kier alpha value is -1.58. The molecular weight excluding hydrogens is 190 g/mol. The Bertz CT molecular complexity index is 477. The summed E-state index contributed by atoms with van der Waals surface area (Å²) in [4.78, 5) is 20.0. The quantitative estimate of drug-likeness (QED) is 0.762. The van der Waals surface area contributed by atoms with Crippen molar-refractivity contribution in [2.75, 3.05) is 0 Å². The highest BCUT2D eigenvalue weighted by atomic mass is 16.1. The third kappa shape index (κ3) is 3.23. The van der Waals surface area contributed by atoms with Crippen molar-refractivity contribution in [3.63, 3.8) is 0 Å². The zero-order valence-electron chi connectivity index (χ0n) is 9.42. The first-order valence-corrected chi connectivity index (χ1v) is 5.22. The van der Waals surface area contributed by atoms with E-state index in [2.05, 4.69) is 28.8 Å². The minimum absolute atomic E-state index is 0. The van der Waals surface area contributed by atoms with Crippen LogP contribution in [0.3, 0.4) is 0 Å². The first-order valence-electron chi connectivity index (χ1n) is 5.22. The standard InChI is InChI=1S/C7H7N3O.C4H10.2H2/c1-4-2-5-6(8-3-4)10-7(11)9-5;1-3-4-2;;/h2-3H,1H3,(H2,8,9,10,11);3-4H2,1-2H3;2*1H. The van der Waals surface area contributed by atoms with Gasteiger partial charge in [-0.2, -0.15) is 0 Å². The fraction of sp³-hybridized carbons (Fsp3) is 0.455. The summed E-state index contributed by atoms with van der Waals surface area (Å²) in [6, 6.07) is 1.88. The molecule has 0 radical (unpaired) electrons. The van der Waals surface area contributed by atoms with Gasteiger partial charge in [0.2, 0.25) is 0 Å². The van der Waals surface area contributed by atoms with Gasteiger partial charge in [0.05, 0.1) is 5.52 Å². The normalized spacial score (nSPS) is 9.80. The molecule has 0 bridgehead atoms. The Labute approximate surface area is 91.7 Å². The van der Waals surface area contributed by atoms with E-state index in [1.54, 1.807) is 6.20 Å². The number of aryl methyl sites for hydroxylation is 1. The molecular formula is C11H21N3O. The lowest BCUT2D eigenvalue weighted by molar-refractivity contribution is 0.886. The fourth-order valence-electron chi connectivity index (χ4n) is 1.03. The number of pyridine rings is 1. The highest BCUT2D eigenvalue weighted by Crippen LogP contribution is 2.04. The largest absolute Gasteiger partial charge is 0.325 e. The maximum absolute atomic E-state index is 10.7. The fourth-order valence-corrected chi connectivity index (χ4v) is 1.03. The average Bonchev–Trinajstić information content (AvgIpc) is 2.58. The first kappa shape index (κ1) is 11.5. The monoisotopic (exact) mass is 211 g/mol. The minimum Gasteiger partial charge on any atom is -0.304 e. The molecule has 2 N–H and O–H groups in total. The summed E-state index contributed by atoms with van der Waals surface area (Å²) in [6.07, 6.45) is 4.35. The number of hydrogen-bond donors (Lipinski definition) is 2. The lowest BCUT2D eigenvalue weighted by Gasteiger charge is -1.88. The van der Waals surface area contributed by atoms with Crippen LogP contribution in [-0.2, 0) is 0 Å². The SMILES string of the molecule is CCCC.Cc1cnc2[nH]c(=O)[nH]c2c1.[HH].[HH]. The molecule has 86 valence electrons. The topological polar surface area (TPSA) is 61.5 Å². The Morgan fingerprint density at radius 2 is 2.00 bits per heavy atom. The van der Waals surface area contributed by atoms with Crippen LogP contribution in [-0.4, -0.2) is 15.0 Å². The third-order valence-electron chi connectivity index (χ3n) is 2.00. The number of nitrogens with zero attached hydrogens (tertiary/aromatic N) is 1. The number of unbranched alkanes of at least 4 members (excludes halogenated alkanes) is 1. The lowest BCUT2D eigenvalue weighted by atomic mass is 10.3. The minimum atomic E-state index is -0.210. The first-order chi connectivity index (χ1) is 7.17. The predicted octanol–water partition coefficient (Wildman–Crippen LogP) is 2.86. The van der Waals surface area contributed by atoms with E-state index in [0.717, 1.165) is 11.1 Å². The van der Waals surface area contributed by atoms with Crippen LogP contribution >= 0.6 is 0 Å². The summed E-state index contributed by atoms with van der Waals surface area (Å²) >= 11 is 0. The number of imidazole rings is 1. The molecule has 0 atom stereocenters. The molecule has 15 heavy (non-hydrogen) atoms. The molecule has 0 saturated heterocycles. The number of nitrogens with one attached hydrogen (secondary N) is 2. The molecule has 2 heterocycles. The van der Waals surface area contributed by atoms with Gasteiger partial charge in [-0.05, 0) is 18.6 Å². The van der Waals surface area contributed by atoms with E-state index in [1.807, 2.05) is 13.0 Å². The van der Waals surface area contributed by atoms with Gasteiger partial charge in [0.15, 0.2) is 5.65 Å². The summed E-state index contributed by atoms with van der Waals surface area (Å²) in [5, 5.41) is 0. The number of H-pyrrole nitrogens is 2. The van der Waals surface area contributed by atoms with Crippen LogP contribution in [0.5, 0.6) is 0 Å². The van der Waals surface area contributed by atoms with Crippen LogP contribution in [0.4, 0.5) is 0 Å². The molecule has 4 heteroatoms. The summed E-state index contributed by atoms with van der Waals surface area (Å²) in [5.74, 6) is 0. The summed E-state index contributed by atoms with van der Waals surface area (Å²) in [5.41, 5.74) is 2.20. The maximum atomic E-state index is 10.7. The molecule has 0 saturated carbocycles. The second kappa shape index (κ2) is 5.34. The zero-order valence-corrected chi connectivity index (χ0v) is 9.42. The van der Waals surface area contributed by atoms with Gasteiger partial charge in [0.1, 0.15) is 0 Å². The van der Waals surface area contributed by atoms with Gasteiger partial charge in [-0.25, -0.2) is 9.78 Å². The van der Waals surface area contributed by atoms with Crippen LogP contribution in [0.25, 0.3) is 11.2 Å². The van der Waals surface area contributed by atoms with Crippen LogP contribution in [0.2, 0.25) is 0 Å². The molecule has 0 aliphatic carbocycles. The van der Waals surface area contributed by atoms with Gasteiger partial charge < -0.3 is 4.98 Å². The Kier molecular flexibility index (Phi) is 4.09. The molecule has 2 rings (SSSR count). The second-order valence-electron chi connectivity index (χ2n) is 3.49. The molecule has 0 aliphatic heterocycles. The number of hydrogen-bond acceptors (Lipinski definition) is 2. The van der Waals surface area contributed by atoms with Crippen molar-refractivity contribution in [1.82, 2.24) is 15.0 Å². The van der Waals surface area contributed by atoms with Gasteiger partial charge in [-0.15, -0.1) is 0 Å². The van der Waals surface area contributed by atoms with E-state index >= 15 is 0 Å². The van der Waals surface area contributed by atoms with Crippen molar-refractivity contribution < 1.29 is 2.85 Å². The van der Waals surface area contributed by atoms with E-state index in [9.17, 15) is 4.79 Å². The highest BCUT2D eigenvalue weighted by Gasteiger charge is 1.96. The summed E-state index contributed by atoms with van der Waals surface area (Å²) < 4.78 is 0. The zero-order chi connectivity index (χ0) is 11.3. The third-order valence-corrected chi connectivity index (χ3v) is 2.00. The van der Waals surface area contributed by atoms with E-state index in [4.69, 9.17) is 0 Å². The maximum Gasteiger partial charge on any atom is 0.325 e. The number of fused-ring (bicyclic) bond motifs is 1. The van der Waals surface area contributed by atoms with Crippen LogP contribution in [0, 0.1) is 6.92 Å². The van der Waals surface area contributed by atoms with Gasteiger partial charge in [-0.1, -0.05) is 26.7 Å². The van der Waals surface area contributed by atoms with Crippen molar-refractivity contribution in [3.05, 3.63) is 28.3 Å². The molecule has 4 nitrogen and oxygen atoms in total. The molecule has 0 unspecified atom stereocenters. The smallest absolute Gasteiger partial charge is 0.304 e. The molecule has 0 spiro atoms. The lowest BCUT2D eigenvalue weighted by Crippen LogP contribution is -1.99. The summed E-state index contributed by atoms with van der Waals surface area (Å²) in [6.45, 7) is 6.29. The van der Waals surface area contributed by atoms with E-state index in [-0.39, 0.29) is 8.54 Å². The van der Waals surface area contributed by atoms with Crippen molar-refractivity contribution in [2.24, 2.45) is 0 Å². The number of aromatic nitrogens is 3. The molecule has 0 amide bonds. The van der Waals surface area contributed by atoms with Crippen molar-refractivity contribution in [1.29, 1.82) is 0 Å². The second-order valence-corrected chi connectivity index (χ2v) is 3.49. The van der Waals surface area contributed by atoms with Gasteiger partial charge in [0, 0.05) is 9.05 Å². The Balaban J connectivity index is 0. The van der Waals surface area contributed by atoms with E-state index in [1.165, 1.54) is 12.8 Å². The number of aromatic amines is 2. The highest BCUT2D eigenvalue weighted by molar-refractivity contribution is 5.69. The summed E-state index contributed by atoms with van der Waals surface area (Å²) in [7, 11) is 0. The Morgan fingerprint density at radius 3 is 2.60 bits per heavy atom. The van der Waals surface area contributed by atoms with Crippen LogP contribution in [0.15, 0.2) is 17.1 Å². The van der Waals surface area contributed by atoms with E-state index < -0.39 is 0 Å². The molecule has 2 aromatic rings. The van der Waals surface area contributed by atoms with Gasteiger partial charge in [-0.3, -0.25) is 4.98 Å². The van der Waals surface area contributed by atoms with Crippen molar-refractivity contribution >= 4 is 11.2 Å². The van der Waals surface area contributed by atoms with Gasteiger partial charge >= 0.3 is 5.69 Å². The van der Waals surface area contributed by atoms with Crippen LogP contribution < -0.4 is 5.69 Å². The number of rotatable bonds is 1. The molecule has 2 aromatic heterocycles. The Morgan fingerprint density at radius 1 is 1.33 bits per heavy atom. The predicted molar refractivity (Wildman–Crippen MR) is 66.3 cm³/mol. The van der Waals surface area contributed by atoms with Crippen LogP contribution in [0.1, 0.15) is 35.1 Å². The molecule has 0 aromatic carbocycles. The molecule has 0 fully saturated rings. The van der Waals surface area contributed by atoms with Gasteiger partial charge in [0.25, 0.3) is 0 Å². The molecule has 0 aliphatic rings. The van der Waals surface area contributed by atoms with Crippen molar-refractivity contribution in [2.45, 2.75) is 33.6 Å². The van der Waals surface area contributed by atoms with Crippen molar-refractivity contribution in [3.8, 4) is 0 Å². The average molecular weight is 211 g/mol. The van der Waals surface area contributed by atoms with E-state index in [0.29, 0.717) is 5.65 Å².